The number of carbonyl (C=O) groups is 3. The van der Waals surface area contributed by atoms with E-state index in [1.165, 1.54) is 18.2 Å². The summed E-state index contributed by atoms with van der Waals surface area (Å²) in [6, 6.07) is 5.31. The molecule has 1 aromatic carbocycles. The molecular weight excluding hydrogens is 383 g/mol. The third kappa shape index (κ3) is 5.89. The van der Waals surface area contributed by atoms with Gasteiger partial charge in [-0.2, -0.15) is 0 Å². The largest absolute Gasteiger partial charge is 0.347 e. The summed E-state index contributed by atoms with van der Waals surface area (Å²) in [6.45, 7) is 0.399. The van der Waals surface area contributed by atoms with E-state index in [1.54, 1.807) is 6.07 Å². The minimum absolute atomic E-state index is 0.0317. The van der Waals surface area contributed by atoms with E-state index in [0.29, 0.717) is 18.5 Å². The second-order valence-electron chi connectivity index (χ2n) is 5.41. The predicted octanol–water partition coefficient (Wildman–Crippen LogP) is -0.243. The van der Waals surface area contributed by atoms with Crippen molar-refractivity contribution in [1.29, 1.82) is 0 Å². The Labute approximate surface area is 146 Å². The maximum atomic E-state index is 13.0. The molecule has 1 saturated heterocycles. The summed E-state index contributed by atoms with van der Waals surface area (Å²) < 4.78 is 13.0. The van der Waals surface area contributed by atoms with Gasteiger partial charge in [0.1, 0.15) is 5.82 Å². The quantitative estimate of drug-likeness (QED) is 0.404. The smallest absolute Gasteiger partial charge is 0.257 e. The van der Waals surface area contributed by atoms with Crippen molar-refractivity contribution >= 4 is 33.7 Å². The van der Waals surface area contributed by atoms with Gasteiger partial charge in [-0.15, -0.1) is 0 Å². The van der Waals surface area contributed by atoms with Gasteiger partial charge in [-0.25, -0.2) is 4.39 Å². The van der Waals surface area contributed by atoms with Crippen LogP contribution in [-0.2, 0) is 20.8 Å². The van der Waals surface area contributed by atoms with Crippen LogP contribution in [0.2, 0.25) is 0 Å². The van der Waals surface area contributed by atoms with Crippen LogP contribution in [0.15, 0.2) is 24.3 Å². The van der Waals surface area contributed by atoms with Crippen molar-refractivity contribution < 1.29 is 18.8 Å². The van der Waals surface area contributed by atoms with Crippen LogP contribution < -0.4 is 21.5 Å². The van der Waals surface area contributed by atoms with Crippen LogP contribution in [0.1, 0.15) is 12.0 Å². The molecule has 0 bridgehead atoms. The lowest BCUT2D eigenvalue weighted by Gasteiger charge is -2.12. The minimum atomic E-state index is -0.552. The van der Waals surface area contributed by atoms with E-state index in [4.69, 9.17) is 0 Å². The van der Waals surface area contributed by atoms with Gasteiger partial charge in [0.25, 0.3) is 11.8 Å². The molecule has 2 rings (SSSR count). The summed E-state index contributed by atoms with van der Waals surface area (Å²) in [6.07, 6.45) is 0.599. The highest BCUT2D eigenvalue weighted by Gasteiger charge is 2.27. The molecule has 9 heteroatoms. The molecule has 0 spiro atoms. The van der Waals surface area contributed by atoms with Crippen LogP contribution in [0, 0.1) is 5.82 Å². The van der Waals surface area contributed by atoms with E-state index in [-0.39, 0.29) is 29.7 Å². The second-order valence-corrected chi connectivity index (χ2v) is 6.71. The Hall–Kier alpha value is -2.00. The standard InChI is InChI=1S/C15H18BrFN4O3/c16-10-6-12(18-7-10)15(24)21-20-14(23)8-19-13(22)5-9-2-1-3-11(17)4-9/h1-4,10,12,18H,5-8H2,(H,19,22)(H,20,23)(H,21,24). The Balaban J connectivity index is 1.65. The summed E-state index contributed by atoms with van der Waals surface area (Å²) in [5.41, 5.74) is 5.05. The van der Waals surface area contributed by atoms with Crippen LogP contribution in [-0.4, -0.2) is 41.7 Å². The summed E-state index contributed by atoms with van der Waals surface area (Å²) >= 11 is 3.40. The normalized spacial score (nSPS) is 19.6. The Kier molecular flexibility index (Phi) is 6.68. The molecule has 24 heavy (non-hydrogen) atoms. The molecule has 2 atom stereocenters. The second kappa shape index (κ2) is 8.74. The number of rotatable bonds is 5. The van der Waals surface area contributed by atoms with Crippen LogP contribution >= 0.6 is 15.9 Å². The SMILES string of the molecule is O=C(Cc1cccc(F)c1)NCC(=O)NNC(=O)C1CC(Br)CN1. The molecule has 1 heterocycles. The van der Waals surface area contributed by atoms with Crippen molar-refractivity contribution in [3.8, 4) is 0 Å². The minimum Gasteiger partial charge on any atom is -0.347 e. The molecule has 0 aromatic heterocycles. The molecular formula is C15H18BrFN4O3. The molecule has 1 aromatic rings. The number of halogens is 2. The topological polar surface area (TPSA) is 99.3 Å². The van der Waals surface area contributed by atoms with Gasteiger partial charge in [0.15, 0.2) is 0 Å². The number of hydrazine groups is 1. The van der Waals surface area contributed by atoms with Gasteiger partial charge < -0.3 is 10.6 Å². The Morgan fingerprint density at radius 3 is 2.71 bits per heavy atom. The number of amides is 3. The molecule has 130 valence electrons. The zero-order valence-electron chi connectivity index (χ0n) is 12.8. The van der Waals surface area contributed by atoms with Gasteiger partial charge in [-0.05, 0) is 24.1 Å². The third-order valence-electron chi connectivity index (χ3n) is 3.42. The fraction of sp³-hybridized carbons (Fsp3) is 0.400. The van der Waals surface area contributed by atoms with Gasteiger partial charge >= 0.3 is 0 Å². The maximum Gasteiger partial charge on any atom is 0.257 e. The van der Waals surface area contributed by atoms with Gasteiger partial charge in [-0.3, -0.25) is 25.2 Å². The molecule has 7 nitrogen and oxygen atoms in total. The summed E-state index contributed by atoms with van der Waals surface area (Å²) in [4.78, 5) is 35.3. The molecule has 0 aliphatic carbocycles. The molecule has 2 unspecified atom stereocenters. The van der Waals surface area contributed by atoms with Crippen LogP contribution in [0.5, 0.6) is 0 Å². The maximum absolute atomic E-state index is 13.0. The monoisotopic (exact) mass is 400 g/mol. The highest BCUT2D eigenvalue weighted by Crippen LogP contribution is 2.13. The van der Waals surface area contributed by atoms with E-state index in [0.717, 1.165) is 0 Å². The predicted molar refractivity (Wildman–Crippen MR) is 88.5 cm³/mol. The number of alkyl halides is 1. The molecule has 1 aliphatic rings. The van der Waals surface area contributed by atoms with E-state index in [9.17, 15) is 18.8 Å². The summed E-state index contributed by atoms with van der Waals surface area (Å²) in [5, 5.41) is 5.40. The van der Waals surface area contributed by atoms with Crippen molar-refractivity contribution in [2.24, 2.45) is 0 Å². The van der Waals surface area contributed by atoms with E-state index in [2.05, 4.69) is 37.4 Å². The first-order chi connectivity index (χ1) is 11.4. The number of hydrogen-bond donors (Lipinski definition) is 4. The zero-order chi connectivity index (χ0) is 17.5. The van der Waals surface area contributed by atoms with E-state index < -0.39 is 17.6 Å². The number of benzene rings is 1. The van der Waals surface area contributed by atoms with Crippen molar-refractivity contribution in [2.75, 3.05) is 13.1 Å². The van der Waals surface area contributed by atoms with E-state index >= 15 is 0 Å². The molecule has 4 N–H and O–H groups in total. The Bertz CT molecular complexity index is 628. The molecule has 3 amide bonds. The Morgan fingerprint density at radius 2 is 2.04 bits per heavy atom. The van der Waals surface area contributed by atoms with Crippen LogP contribution in [0.3, 0.4) is 0 Å². The van der Waals surface area contributed by atoms with Crippen LogP contribution in [0.25, 0.3) is 0 Å². The fourth-order valence-electron chi connectivity index (χ4n) is 2.23. The lowest BCUT2D eigenvalue weighted by molar-refractivity contribution is -0.130. The zero-order valence-corrected chi connectivity index (χ0v) is 14.4. The van der Waals surface area contributed by atoms with Crippen molar-refractivity contribution in [3.05, 3.63) is 35.6 Å². The van der Waals surface area contributed by atoms with E-state index in [1.807, 2.05) is 0 Å². The van der Waals surface area contributed by atoms with Gasteiger partial charge in [0, 0.05) is 11.4 Å². The van der Waals surface area contributed by atoms with Gasteiger partial charge in [-0.1, -0.05) is 28.1 Å². The van der Waals surface area contributed by atoms with Crippen molar-refractivity contribution in [1.82, 2.24) is 21.5 Å². The molecule has 0 radical (unpaired) electrons. The number of nitrogens with one attached hydrogen (secondary N) is 4. The average molecular weight is 401 g/mol. The summed E-state index contributed by atoms with van der Waals surface area (Å²) in [5.74, 6) is -1.73. The lowest BCUT2D eigenvalue weighted by atomic mass is 10.1. The fourth-order valence-corrected chi connectivity index (χ4v) is 2.79. The third-order valence-corrected chi connectivity index (χ3v) is 4.12. The first-order valence-electron chi connectivity index (χ1n) is 7.41. The Morgan fingerprint density at radius 1 is 1.25 bits per heavy atom. The van der Waals surface area contributed by atoms with Crippen LogP contribution in [0.4, 0.5) is 4.39 Å². The first kappa shape index (κ1) is 18.3. The lowest BCUT2D eigenvalue weighted by Crippen LogP contribution is -2.51. The molecule has 0 saturated carbocycles. The summed E-state index contributed by atoms with van der Waals surface area (Å²) in [7, 11) is 0. The van der Waals surface area contributed by atoms with Gasteiger partial charge in [0.05, 0.1) is 19.0 Å². The van der Waals surface area contributed by atoms with Crippen molar-refractivity contribution in [2.45, 2.75) is 23.7 Å². The highest BCUT2D eigenvalue weighted by molar-refractivity contribution is 9.09. The number of carbonyl (C=O) groups excluding carboxylic acids is 3. The van der Waals surface area contributed by atoms with Gasteiger partial charge in [0.2, 0.25) is 5.91 Å². The van der Waals surface area contributed by atoms with Crippen molar-refractivity contribution in [3.63, 3.8) is 0 Å². The molecule has 1 aliphatic heterocycles. The highest BCUT2D eigenvalue weighted by atomic mass is 79.9. The number of hydrogen-bond acceptors (Lipinski definition) is 4. The average Bonchev–Trinajstić information content (AvgIpc) is 2.97. The first-order valence-corrected chi connectivity index (χ1v) is 8.33. The molecule has 1 fully saturated rings.